The Hall–Kier alpha value is -1.35. The maximum Gasteiger partial charge on any atom is 0.241 e. The van der Waals surface area contributed by atoms with Crippen LogP contribution in [0, 0.1) is 0 Å². The molecule has 2 N–H and O–H groups in total. The average molecular weight is 474 g/mol. The van der Waals surface area contributed by atoms with Gasteiger partial charge in [-0.1, -0.05) is 24.3 Å². The van der Waals surface area contributed by atoms with E-state index in [1.165, 1.54) is 0 Å². The number of carbonyl (C=O) groups is 1. The third kappa shape index (κ3) is 7.90. The summed E-state index contributed by atoms with van der Waals surface area (Å²) in [7, 11) is 0. The molecule has 7 heteroatoms. The molecule has 0 spiro atoms. The summed E-state index contributed by atoms with van der Waals surface area (Å²) in [6, 6.07) is 8.27. The number of guanidine groups is 1. The van der Waals surface area contributed by atoms with E-state index in [9.17, 15) is 4.79 Å². The maximum absolute atomic E-state index is 12.1. The lowest BCUT2D eigenvalue weighted by Gasteiger charge is -2.17. The second kappa shape index (κ2) is 12.9. The molecule has 1 fully saturated rings. The van der Waals surface area contributed by atoms with E-state index in [2.05, 4.69) is 39.9 Å². The van der Waals surface area contributed by atoms with Crippen LogP contribution < -0.4 is 10.6 Å². The van der Waals surface area contributed by atoms with Gasteiger partial charge in [0.1, 0.15) is 0 Å². The highest BCUT2D eigenvalue weighted by Gasteiger charge is 2.17. The number of likely N-dealkylation sites (tertiary alicyclic amines) is 1. The topological polar surface area (TPSA) is 66.0 Å². The van der Waals surface area contributed by atoms with Gasteiger partial charge in [-0.15, -0.1) is 24.0 Å². The number of nitrogens with one attached hydrogen (secondary N) is 2. The molecule has 0 aliphatic carbocycles. The number of nitrogens with zero attached hydrogens (tertiary/aromatic N) is 2. The molecular formula is C19H31IN4O2. The van der Waals surface area contributed by atoms with Gasteiger partial charge in [-0.2, -0.15) is 0 Å². The van der Waals surface area contributed by atoms with Crippen molar-refractivity contribution in [3.63, 3.8) is 0 Å². The highest BCUT2D eigenvalue weighted by Crippen LogP contribution is 2.08. The van der Waals surface area contributed by atoms with Crippen LogP contribution in [0.15, 0.2) is 29.3 Å². The van der Waals surface area contributed by atoms with Crippen molar-refractivity contribution in [3.05, 3.63) is 35.4 Å². The second-order valence-electron chi connectivity index (χ2n) is 6.09. The van der Waals surface area contributed by atoms with Crippen LogP contribution in [-0.4, -0.2) is 49.6 Å². The summed E-state index contributed by atoms with van der Waals surface area (Å²) in [5, 5.41) is 6.32. The predicted molar refractivity (Wildman–Crippen MR) is 116 cm³/mol. The summed E-state index contributed by atoms with van der Waals surface area (Å²) in [4.78, 5) is 18.6. The molecule has 1 saturated heterocycles. The molecule has 1 amide bonds. The number of hydrogen-bond donors (Lipinski definition) is 2. The lowest BCUT2D eigenvalue weighted by molar-refractivity contribution is -0.128. The molecule has 1 aromatic rings. The fraction of sp³-hybridized carbons (Fsp3) is 0.579. The zero-order chi connectivity index (χ0) is 17.9. The first-order chi connectivity index (χ1) is 12.2. The van der Waals surface area contributed by atoms with Crippen LogP contribution in [-0.2, 0) is 22.7 Å². The van der Waals surface area contributed by atoms with Gasteiger partial charge in [0.2, 0.25) is 5.91 Å². The normalized spacial score (nSPS) is 14.1. The number of ether oxygens (including phenoxy) is 1. The van der Waals surface area contributed by atoms with Gasteiger partial charge in [0.15, 0.2) is 5.96 Å². The molecule has 0 bridgehead atoms. The first-order valence-corrected chi connectivity index (χ1v) is 9.18. The first kappa shape index (κ1) is 22.7. The third-order valence-electron chi connectivity index (χ3n) is 4.13. The predicted octanol–water partition coefficient (Wildman–Crippen LogP) is 2.52. The number of hydrogen-bond acceptors (Lipinski definition) is 3. The van der Waals surface area contributed by atoms with Crippen LogP contribution in [0.25, 0.3) is 0 Å². The van der Waals surface area contributed by atoms with E-state index in [0.29, 0.717) is 25.7 Å². The molecule has 0 aromatic heterocycles. The summed E-state index contributed by atoms with van der Waals surface area (Å²) in [5.74, 6) is 0.816. The van der Waals surface area contributed by atoms with E-state index >= 15 is 0 Å². The lowest BCUT2D eigenvalue weighted by Crippen LogP contribution is -2.44. The molecule has 1 aliphatic rings. The summed E-state index contributed by atoms with van der Waals surface area (Å²) >= 11 is 0. The minimum atomic E-state index is 0. The highest BCUT2D eigenvalue weighted by atomic mass is 127. The van der Waals surface area contributed by atoms with Crippen LogP contribution >= 0.6 is 24.0 Å². The molecule has 1 heterocycles. The largest absolute Gasteiger partial charge is 0.377 e. The SMILES string of the molecule is CCNC(=NCc1ccc(COCC)cc1)NCC(=O)N1CCCC1.I. The van der Waals surface area contributed by atoms with Crippen molar-refractivity contribution in [3.8, 4) is 0 Å². The van der Waals surface area contributed by atoms with E-state index in [-0.39, 0.29) is 29.9 Å². The van der Waals surface area contributed by atoms with Gasteiger partial charge in [0.05, 0.1) is 19.7 Å². The fourth-order valence-corrected chi connectivity index (χ4v) is 2.71. The monoisotopic (exact) mass is 474 g/mol. The van der Waals surface area contributed by atoms with Gasteiger partial charge in [0, 0.05) is 26.2 Å². The summed E-state index contributed by atoms with van der Waals surface area (Å²) < 4.78 is 5.40. The minimum absolute atomic E-state index is 0. The molecular weight excluding hydrogens is 443 g/mol. The van der Waals surface area contributed by atoms with E-state index in [1.54, 1.807) is 0 Å². The molecule has 1 aromatic carbocycles. The van der Waals surface area contributed by atoms with Crippen molar-refractivity contribution < 1.29 is 9.53 Å². The van der Waals surface area contributed by atoms with Crippen molar-refractivity contribution in [1.29, 1.82) is 0 Å². The summed E-state index contributed by atoms with van der Waals surface area (Å²) in [6.07, 6.45) is 2.22. The molecule has 2 rings (SSSR count). The Balaban J connectivity index is 0.00000338. The molecule has 146 valence electrons. The van der Waals surface area contributed by atoms with Crippen molar-refractivity contribution in [2.24, 2.45) is 4.99 Å². The standard InChI is InChI=1S/C19H30N4O2.HI/c1-3-20-19(22-14-18(24)23-11-5-6-12-23)21-13-16-7-9-17(10-8-16)15-25-4-2;/h7-10H,3-6,11-15H2,1-2H3,(H2,20,21,22);1H. The number of rotatable bonds is 8. The number of halogens is 1. The maximum atomic E-state index is 12.1. The van der Waals surface area contributed by atoms with Crippen molar-refractivity contribution in [2.75, 3.05) is 32.8 Å². The zero-order valence-corrected chi connectivity index (χ0v) is 18.1. The minimum Gasteiger partial charge on any atom is -0.377 e. The first-order valence-electron chi connectivity index (χ1n) is 9.18. The van der Waals surface area contributed by atoms with Gasteiger partial charge in [0.25, 0.3) is 0 Å². The van der Waals surface area contributed by atoms with Gasteiger partial charge in [-0.05, 0) is 37.8 Å². The van der Waals surface area contributed by atoms with Gasteiger partial charge < -0.3 is 20.3 Å². The molecule has 26 heavy (non-hydrogen) atoms. The smallest absolute Gasteiger partial charge is 0.241 e. The van der Waals surface area contributed by atoms with E-state index in [1.807, 2.05) is 18.7 Å². The zero-order valence-electron chi connectivity index (χ0n) is 15.8. The Labute approximate surface area is 173 Å². The summed E-state index contributed by atoms with van der Waals surface area (Å²) in [5.41, 5.74) is 2.29. The number of carbonyl (C=O) groups excluding carboxylic acids is 1. The van der Waals surface area contributed by atoms with Gasteiger partial charge in [-0.3, -0.25) is 4.79 Å². The Kier molecular flexibility index (Phi) is 11.3. The lowest BCUT2D eigenvalue weighted by atomic mass is 10.1. The highest BCUT2D eigenvalue weighted by molar-refractivity contribution is 14.0. The van der Waals surface area contributed by atoms with Crippen LogP contribution in [0.5, 0.6) is 0 Å². The quantitative estimate of drug-likeness (QED) is 0.345. The number of benzene rings is 1. The average Bonchev–Trinajstić information content (AvgIpc) is 3.17. The van der Waals surface area contributed by atoms with Crippen LogP contribution in [0.4, 0.5) is 0 Å². The third-order valence-corrected chi connectivity index (χ3v) is 4.13. The van der Waals surface area contributed by atoms with Crippen LogP contribution in [0.2, 0.25) is 0 Å². The number of amides is 1. The Bertz CT molecular complexity index is 557. The van der Waals surface area contributed by atoms with Crippen LogP contribution in [0.1, 0.15) is 37.8 Å². The van der Waals surface area contributed by atoms with E-state index < -0.39 is 0 Å². The van der Waals surface area contributed by atoms with E-state index in [0.717, 1.165) is 50.2 Å². The van der Waals surface area contributed by atoms with Crippen molar-refractivity contribution >= 4 is 35.8 Å². The van der Waals surface area contributed by atoms with Crippen molar-refractivity contribution in [2.45, 2.75) is 39.8 Å². The molecule has 6 nitrogen and oxygen atoms in total. The summed E-state index contributed by atoms with van der Waals surface area (Å²) in [6.45, 7) is 8.75. The second-order valence-corrected chi connectivity index (χ2v) is 6.09. The molecule has 0 radical (unpaired) electrons. The Morgan fingerprint density at radius 3 is 2.38 bits per heavy atom. The Morgan fingerprint density at radius 2 is 1.77 bits per heavy atom. The molecule has 1 aliphatic heterocycles. The molecule has 0 atom stereocenters. The van der Waals surface area contributed by atoms with Crippen LogP contribution in [0.3, 0.4) is 0 Å². The van der Waals surface area contributed by atoms with E-state index in [4.69, 9.17) is 4.74 Å². The molecule has 0 saturated carbocycles. The molecule has 0 unspecified atom stereocenters. The van der Waals surface area contributed by atoms with Gasteiger partial charge >= 0.3 is 0 Å². The fourth-order valence-electron chi connectivity index (χ4n) is 2.71. The van der Waals surface area contributed by atoms with Crippen molar-refractivity contribution in [1.82, 2.24) is 15.5 Å². The number of aliphatic imine (C=N–C) groups is 1. The Morgan fingerprint density at radius 1 is 1.12 bits per heavy atom. The van der Waals surface area contributed by atoms with Gasteiger partial charge in [-0.25, -0.2) is 4.99 Å².